The van der Waals surface area contributed by atoms with Crippen LogP contribution in [0.25, 0.3) is 0 Å². The van der Waals surface area contributed by atoms with Gasteiger partial charge in [-0.05, 0) is 44.1 Å². The summed E-state index contributed by atoms with van der Waals surface area (Å²) in [5, 5.41) is 9.91. The van der Waals surface area contributed by atoms with E-state index in [1.165, 1.54) is 44.2 Å². The Bertz CT molecular complexity index is 425. The molecule has 1 spiro atoms. The predicted octanol–water partition coefficient (Wildman–Crippen LogP) is 3.90. The van der Waals surface area contributed by atoms with E-state index in [2.05, 4.69) is 23.1 Å². The van der Waals surface area contributed by atoms with Crippen molar-refractivity contribution in [2.24, 2.45) is 5.41 Å². The fourth-order valence-electron chi connectivity index (χ4n) is 3.98. The number of aliphatic hydroxyl groups is 1. The zero-order valence-corrected chi connectivity index (χ0v) is 11.9. The first-order valence-corrected chi connectivity index (χ1v) is 7.72. The van der Waals surface area contributed by atoms with E-state index < -0.39 is 0 Å². The summed E-state index contributed by atoms with van der Waals surface area (Å²) >= 11 is 0. The molecule has 1 N–H and O–H groups in total. The fourth-order valence-corrected chi connectivity index (χ4v) is 3.98. The maximum Gasteiger partial charge on any atom is 0.0781 e. The van der Waals surface area contributed by atoms with Crippen molar-refractivity contribution in [3.8, 4) is 0 Å². The average Bonchev–Trinajstić information content (AvgIpc) is 2.88. The molecule has 1 saturated carbocycles. The predicted molar refractivity (Wildman–Crippen MR) is 79.4 cm³/mol. The number of benzene rings is 1. The van der Waals surface area contributed by atoms with Gasteiger partial charge in [-0.2, -0.15) is 0 Å². The van der Waals surface area contributed by atoms with Crippen LogP contribution < -0.4 is 4.90 Å². The van der Waals surface area contributed by atoms with E-state index in [0.717, 1.165) is 18.7 Å². The highest BCUT2D eigenvalue weighted by molar-refractivity contribution is 5.54. The molecule has 1 aliphatic heterocycles. The van der Waals surface area contributed by atoms with Crippen LogP contribution in [0, 0.1) is 5.41 Å². The van der Waals surface area contributed by atoms with E-state index in [9.17, 15) is 5.11 Å². The Morgan fingerprint density at radius 3 is 2.32 bits per heavy atom. The normalized spacial score (nSPS) is 23.8. The van der Waals surface area contributed by atoms with Crippen molar-refractivity contribution in [1.29, 1.82) is 0 Å². The summed E-state index contributed by atoms with van der Waals surface area (Å²) in [6, 6.07) is 8.32. The third-order valence-corrected chi connectivity index (χ3v) is 5.22. The molecule has 1 aromatic carbocycles. The van der Waals surface area contributed by atoms with Gasteiger partial charge in [0.15, 0.2) is 0 Å². The van der Waals surface area contributed by atoms with Gasteiger partial charge >= 0.3 is 0 Å². The number of hydrogen-bond donors (Lipinski definition) is 1. The summed E-state index contributed by atoms with van der Waals surface area (Å²) < 4.78 is 0. The summed E-state index contributed by atoms with van der Waals surface area (Å²) in [5.41, 5.74) is 2.98. The molecule has 1 heterocycles. The molecule has 19 heavy (non-hydrogen) atoms. The van der Waals surface area contributed by atoms with Gasteiger partial charge in [0.1, 0.15) is 0 Å². The summed E-state index contributed by atoms with van der Waals surface area (Å²) in [7, 11) is 0. The number of nitrogens with zero attached hydrogens (tertiary/aromatic N) is 1. The van der Waals surface area contributed by atoms with E-state index in [4.69, 9.17) is 0 Å². The number of aliphatic hydroxyl groups excluding tert-OH is 1. The number of para-hydroxylation sites is 1. The zero-order chi connectivity index (χ0) is 13.3. The lowest BCUT2D eigenvalue weighted by atomic mass is 9.77. The van der Waals surface area contributed by atoms with Crippen LogP contribution in [0.5, 0.6) is 0 Å². The third kappa shape index (κ3) is 2.51. The van der Waals surface area contributed by atoms with E-state index in [0.29, 0.717) is 5.41 Å². The molecule has 2 heteroatoms. The molecule has 3 rings (SSSR count). The molecule has 0 radical (unpaired) electrons. The number of anilines is 1. The molecule has 1 saturated heterocycles. The average molecular weight is 259 g/mol. The smallest absolute Gasteiger partial charge is 0.0781 e. The highest BCUT2D eigenvalue weighted by Crippen LogP contribution is 2.47. The molecule has 1 atom stereocenters. The van der Waals surface area contributed by atoms with E-state index in [-0.39, 0.29) is 6.10 Å². The SMILES string of the molecule is CC(O)c1ccccc1N1CCC2(CCCC2)CC1. The summed E-state index contributed by atoms with van der Waals surface area (Å²) in [5.74, 6) is 0. The Morgan fingerprint density at radius 2 is 1.68 bits per heavy atom. The number of piperidine rings is 1. The van der Waals surface area contributed by atoms with Crippen LogP contribution in [0.15, 0.2) is 24.3 Å². The second-order valence-corrected chi connectivity index (χ2v) is 6.43. The standard InChI is InChI=1S/C17H25NO/c1-14(19)15-6-2-3-7-16(15)18-12-10-17(11-13-18)8-4-5-9-17/h2-3,6-7,14,19H,4-5,8-13H2,1H3. The molecule has 2 aliphatic rings. The van der Waals surface area contributed by atoms with Crippen LogP contribution in [0.3, 0.4) is 0 Å². The van der Waals surface area contributed by atoms with Gasteiger partial charge in [-0.3, -0.25) is 0 Å². The van der Waals surface area contributed by atoms with Crippen molar-refractivity contribution in [2.45, 2.75) is 51.6 Å². The Morgan fingerprint density at radius 1 is 1.05 bits per heavy atom. The Balaban J connectivity index is 1.75. The van der Waals surface area contributed by atoms with E-state index in [1.54, 1.807) is 0 Å². The Labute approximate surface area is 116 Å². The van der Waals surface area contributed by atoms with Gasteiger partial charge < -0.3 is 10.0 Å². The molecule has 104 valence electrons. The lowest BCUT2D eigenvalue weighted by Crippen LogP contribution is -2.39. The number of hydrogen-bond acceptors (Lipinski definition) is 2. The van der Waals surface area contributed by atoms with Crippen LogP contribution >= 0.6 is 0 Å². The summed E-state index contributed by atoms with van der Waals surface area (Å²) in [4.78, 5) is 2.48. The van der Waals surface area contributed by atoms with E-state index in [1.807, 2.05) is 13.0 Å². The van der Waals surface area contributed by atoms with Crippen molar-refractivity contribution < 1.29 is 5.11 Å². The van der Waals surface area contributed by atoms with Gasteiger partial charge in [0, 0.05) is 24.3 Å². The van der Waals surface area contributed by atoms with Crippen LogP contribution in [0.1, 0.15) is 57.1 Å². The largest absolute Gasteiger partial charge is 0.389 e. The first-order valence-electron chi connectivity index (χ1n) is 7.72. The molecule has 0 bridgehead atoms. The molecule has 1 unspecified atom stereocenters. The lowest BCUT2D eigenvalue weighted by molar-refractivity contribution is 0.198. The maximum atomic E-state index is 9.91. The molecule has 0 aromatic heterocycles. The molecule has 2 nitrogen and oxygen atoms in total. The second kappa shape index (κ2) is 5.16. The monoisotopic (exact) mass is 259 g/mol. The van der Waals surface area contributed by atoms with Gasteiger partial charge in [-0.1, -0.05) is 31.0 Å². The summed E-state index contributed by atoms with van der Waals surface area (Å²) in [6.45, 7) is 4.18. The van der Waals surface area contributed by atoms with Crippen molar-refractivity contribution >= 4 is 5.69 Å². The minimum atomic E-state index is -0.376. The van der Waals surface area contributed by atoms with Crippen LogP contribution in [0.2, 0.25) is 0 Å². The molecule has 1 aromatic rings. The van der Waals surface area contributed by atoms with Gasteiger partial charge in [0.05, 0.1) is 6.10 Å². The van der Waals surface area contributed by atoms with Crippen LogP contribution in [-0.2, 0) is 0 Å². The number of rotatable bonds is 2. The zero-order valence-electron chi connectivity index (χ0n) is 11.9. The van der Waals surface area contributed by atoms with Crippen molar-refractivity contribution in [2.75, 3.05) is 18.0 Å². The first kappa shape index (κ1) is 13.0. The van der Waals surface area contributed by atoms with Crippen LogP contribution in [-0.4, -0.2) is 18.2 Å². The topological polar surface area (TPSA) is 23.5 Å². The molecule has 0 amide bonds. The molecule has 1 aliphatic carbocycles. The van der Waals surface area contributed by atoms with Gasteiger partial charge in [-0.15, -0.1) is 0 Å². The van der Waals surface area contributed by atoms with Crippen LogP contribution in [0.4, 0.5) is 5.69 Å². The maximum absolute atomic E-state index is 9.91. The van der Waals surface area contributed by atoms with Crippen molar-refractivity contribution in [3.63, 3.8) is 0 Å². The first-order chi connectivity index (χ1) is 9.20. The fraction of sp³-hybridized carbons (Fsp3) is 0.647. The highest BCUT2D eigenvalue weighted by Gasteiger charge is 2.37. The van der Waals surface area contributed by atoms with Crippen molar-refractivity contribution in [1.82, 2.24) is 0 Å². The third-order valence-electron chi connectivity index (χ3n) is 5.22. The van der Waals surface area contributed by atoms with Crippen molar-refractivity contribution in [3.05, 3.63) is 29.8 Å². The molecular weight excluding hydrogens is 234 g/mol. The second-order valence-electron chi connectivity index (χ2n) is 6.43. The minimum Gasteiger partial charge on any atom is -0.389 e. The van der Waals surface area contributed by atoms with E-state index >= 15 is 0 Å². The highest BCUT2D eigenvalue weighted by atomic mass is 16.3. The molecular formula is C17H25NO. The van der Waals surface area contributed by atoms with Gasteiger partial charge in [-0.25, -0.2) is 0 Å². The summed E-state index contributed by atoms with van der Waals surface area (Å²) in [6.07, 6.45) is 8.05. The Hall–Kier alpha value is -1.02. The Kier molecular flexibility index (Phi) is 3.53. The van der Waals surface area contributed by atoms with Gasteiger partial charge in [0.25, 0.3) is 0 Å². The quantitative estimate of drug-likeness (QED) is 0.870. The lowest BCUT2D eigenvalue weighted by Gasteiger charge is -2.41. The molecule has 2 fully saturated rings. The minimum absolute atomic E-state index is 0.376. The van der Waals surface area contributed by atoms with Gasteiger partial charge in [0.2, 0.25) is 0 Å².